The molecule has 140 valence electrons. The first-order chi connectivity index (χ1) is 13.0. The summed E-state index contributed by atoms with van der Waals surface area (Å²) in [4.78, 5) is 38.3. The highest BCUT2D eigenvalue weighted by Gasteiger charge is 2.33. The minimum atomic E-state index is -0.726. The predicted octanol–water partition coefficient (Wildman–Crippen LogP) is 0.864. The molecular weight excluding hydrogens is 346 g/mol. The Hall–Kier alpha value is -3.35. The molecular formula is C20H21N3O4. The molecule has 1 aliphatic heterocycles. The molecule has 1 heterocycles. The van der Waals surface area contributed by atoms with Crippen molar-refractivity contribution in [2.75, 3.05) is 13.7 Å². The fourth-order valence-electron chi connectivity index (χ4n) is 3.22. The second-order valence-corrected chi connectivity index (χ2v) is 6.30. The number of hydrogen-bond donors (Lipinski definition) is 2. The number of carbonyl (C=O) groups is 3. The van der Waals surface area contributed by atoms with Gasteiger partial charge in [-0.3, -0.25) is 14.4 Å². The van der Waals surface area contributed by atoms with E-state index in [1.807, 2.05) is 24.3 Å². The minimum Gasteiger partial charge on any atom is -0.496 e. The van der Waals surface area contributed by atoms with Gasteiger partial charge in [-0.25, -0.2) is 0 Å². The number of carbonyl (C=O) groups excluding carboxylic acids is 3. The molecule has 3 amide bonds. The molecule has 0 spiro atoms. The summed E-state index contributed by atoms with van der Waals surface area (Å²) >= 11 is 0. The van der Waals surface area contributed by atoms with Crippen molar-refractivity contribution >= 4 is 17.7 Å². The number of primary amides is 1. The van der Waals surface area contributed by atoms with Gasteiger partial charge >= 0.3 is 0 Å². The molecule has 0 bridgehead atoms. The zero-order valence-corrected chi connectivity index (χ0v) is 15.0. The molecule has 0 fully saturated rings. The third-order valence-electron chi connectivity index (χ3n) is 4.65. The van der Waals surface area contributed by atoms with Gasteiger partial charge < -0.3 is 20.7 Å². The largest absolute Gasteiger partial charge is 0.496 e. The SMILES string of the molecule is COc1ccccc1C(=O)NCC(=O)N1Cc2ccccc2C[C@H]1C(N)=O. The lowest BCUT2D eigenvalue weighted by Gasteiger charge is -2.35. The normalized spacial score (nSPS) is 15.6. The first kappa shape index (κ1) is 18.4. The van der Waals surface area contributed by atoms with Gasteiger partial charge in [-0.2, -0.15) is 0 Å². The van der Waals surface area contributed by atoms with E-state index in [4.69, 9.17) is 10.5 Å². The maximum Gasteiger partial charge on any atom is 0.255 e. The van der Waals surface area contributed by atoms with E-state index in [2.05, 4.69) is 5.32 Å². The summed E-state index contributed by atoms with van der Waals surface area (Å²) < 4.78 is 5.16. The van der Waals surface area contributed by atoms with Crippen molar-refractivity contribution in [3.63, 3.8) is 0 Å². The summed E-state index contributed by atoms with van der Waals surface area (Å²) in [5.41, 5.74) is 7.81. The van der Waals surface area contributed by atoms with Crippen LogP contribution in [0.15, 0.2) is 48.5 Å². The Kier molecular flexibility index (Phi) is 5.40. The number of para-hydroxylation sites is 1. The summed E-state index contributed by atoms with van der Waals surface area (Å²) in [6, 6.07) is 13.6. The highest BCUT2D eigenvalue weighted by atomic mass is 16.5. The van der Waals surface area contributed by atoms with E-state index in [-0.39, 0.29) is 19.0 Å². The van der Waals surface area contributed by atoms with Crippen LogP contribution in [0.4, 0.5) is 0 Å². The summed E-state index contributed by atoms with van der Waals surface area (Å²) in [5.74, 6) is -0.927. The van der Waals surface area contributed by atoms with Crippen LogP contribution < -0.4 is 15.8 Å². The third-order valence-corrected chi connectivity index (χ3v) is 4.65. The standard InChI is InChI=1S/C20H21N3O4/c1-27-17-9-5-4-8-15(17)20(26)22-11-18(24)23-12-14-7-3-2-6-13(14)10-16(23)19(21)25/h2-9,16H,10-12H2,1H3,(H2,21,25)(H,22,26)/t16-/m0/s1. The number of fused-ring (bicyclic) bond motifs is 1. The van der Waals surface area contributed by atoms with E-state index in [9.17, 15) is 14.4 Å². The maximum atomic E-state index is 12.7. The molecule has 3 rings (SSSR count). The van der Waals surface area contributed by atoms with Gasteiger partial charge in [-0.15, -0.1) is 0 Å². The van der Waals surface area contributed by atoms with Crippen molar-refractivity contribution in [3.05, 3.63) is 65.2 Å². The number of nitrogens with two attached hydrogens (primary N) is 1. The molecule has 1 atom stereocenters. The molecule has 3 N–H and O–H groups in total. The number of benzene rings is 2. The molecule has 0 saturated carbocycles. The zero-order chi connectivity index (χ0) is 19.4. The van der Waals surface area contributed by atoms with E-state index >= 15 is 0 Å². The van der Waals surface area contributed by atoms with E-state index in [1.54, 1.807) is 24.3 Å². The van der Waals surface area contributed by atoms with Crippen molar-refractivity contribution in [1.29, 1.82) is 0 Å². The van der Waals surface area contributed by atoms with Crippen molar-refractivity contribution in [3.8, 4) is 5.75 Å². The van der Waals surface area contributed by atoms with Gasteiger partial charge in [0.05, 0.1) is 19.2 Å². The molecule has 2 aromatic rings. The molecule has 0 saturated heterocycles. The second-order valence-electron chi connectivity index (χ2n) is 6.30. The number of rotatable bonds is 5. The highest BCUT2D eigenvalue weighted by molar-refractivity contribution is 5.99. The van der Waals surface area contributed by atoms with E-state index in [0.29, 0.717) is 17.7 Å². The number of nitrogens with one attached hydrogen (secondary N) is 1. The van der Waals surface area contributed by atoms with Crippen LogP contribution in [-0.4, -0.2) is 42.3 Å². The van der Waals surface area contributed by atoms with Gasteiger partial charge in [0, 0.05) is 13.0 Å². The van der Waals surface area contributed by atoms with E-state index < -0.39 is 17.9 Å². The Morgan fingerprint density at radius 2 is 1.78 bits per heavy atom. The summed E-state index contributed by atoms with van der Waals surface area (Å²) in [7, 11) is 1.47. The molecule has 1 aliphatic rings. The van der Waals surface area contributed by atoms with Crippen molar-refractivity contribution in [1.82, 2.24) is 10.2 Å². The first-order valence-corrected chi connectivity index (χ1v) is 8.58. The Morgan fingerprint density at radius 3 is 2.48 bits per heavy atom. The fourth-order valence-corrected chi connectivity index (χ4v) is 3.22. The summed E-state index contributed by atoms with van der Waals surface area (Å²) in [6.45, 7) is 0.0516. The Bertz CT molecular complexity index is 881. The van der Waals surface area contributed by atoms with Gasteiger partial charge in [0.1, 0.15) is 11.8 Å². The average molecular weight is 367 g/mol. The van der Waals surface area contributed by atoms with Crippen LogP contribution in [-0.2, 0) is 22.6 Å². The molecule has 27 heavy (non-hydrogen) atoms. The van der Waals surface area contributed by atoms with Crippen LogP contribution in [0, 0.1) is 0 Å². The van der Waals surface area contributed by atoms with Crippen LogP contribution in [0.2, 0.25) is 0 Å². The van der Waals surface area contributed by atoms with Crippen molar-refractivity contribution < 1.29 is 19.1 Å². The maximum absolute atomic E-state index is 12.7. The van der Waals surface area contributed by atoms with Crippen LogP contribution >= 0.6 is 0 Å². The lowest BCUT2D eigenvalue weighted by atomic mass is 9.93. The lowest BCUT2D eigenvalue weighted by Crippen LogP contribution is -2.53. The first-order valence-electron chi connectivity index (χ1n) is 8.58. The Morgan fingerprint density at radius 1 is 1.11 bits per heavy atom. The predicted molar refractivity (Wildman–Crippen MR) is 99.0 cm³/mol. The quantitative estimate of drug-likeness (QED) is 0.818. The van der Waals surface area contributed by atoms with Crippen LogP contribution in [0.3, 0.4) is 0 Å². The van der Waals surface area contributed by atoms with Gasteiger partial charge in [0.25, 0.3) is 5.91 Å². The molecule has 2 aromatic carbocycles. The number of nitrogens with zero attached hydrogens (tertiary/aromatic N) is 1. The molecule has 0 aromatic heterocycles. The second kappa shape index (κ2) is 7.90. The van der Waals surface area contributed by atoms with E-state index in [0.717, 1.165) is 11.1 Å². The fraction of sp³-hybridized carbons (Fsp3) is 0.250. The van der Waals surface area contributed by atoms with Gasteiger partial charge in [-0.1, -0.05) is 36.4 Å². The Labute approximate surface area is 157 Å². The van der Waals surface area contributed by atoms with Crippen LogP contribution in [0.25, 0.3) is 0 Å². The molecule has 0 unspecified atom stereocenters. The third kappa shape index (κ3) is 3.92. The molecule has 7 heteroatoms. The van der Waals surface area contributed by atoms with Crippen LogP contribution in [0.5, 0.6) is 5.75 Å². The number of amides is 3. The molecule has 7 nitrogen and oxygen atoms in total. The molecule has 0 aliphatic carbocycles. The summed E-state index contributed by atoms with van der Waals surface area (Å²) in [5, 5.41) is 2.59. The zero-order valence-electron chi connectivity index (χ0n) is 15.0. The highest BCUT2D eigenvalue weighted by Crippen LogP contribution is 2.23. The van der Waals surface area contributed by atoms with Gasteiger partial charge in [-0.05, 0) is 23.3 Å². The number of ether oxygens (including phenoxy) is 1. The average Bonchev–Trinajstić information content (AvgIpc) is 2.70. The lowest BCUT2D eigenvalue weighted by molar-refractivity contribution is -0.139. The number of hydrogen-bond acceptors (Lipinski definition) is 4. The van der Waals surface area contributed by atoms with Crippen molar-refractivity contribution in [2.45, 2.75) is 19.0 Å². The smallest absolute Gasteiger partial charge is 0.255 e. The molecule has 0 radical (unpaired) electrons. The van der Waals surface area contributed by atoms with Crippen LogP contribution in [0.1, 0.15) is 21.5 Å². The Balaban J connectivity index is 1.71. The van der Waals surface area contributed by atoms with Gasteiger partial charge in [0.15, 0.2) is 0 Å². The minimum absolute atomic E-state index is 0.233. The van der Waals surface area contributed by atoms with Gasteiger partial charge in [0.2, 0.25) is 11.8 Å². The topological polar surface area (TPSA) is 102 Å². The monoisotopic (exact) mass is 367 g/mol. The van der Waals surface area contributed by atoms with Crippen molar-refractivity contribution in [2.24, 2.45) is 5.73 Å². The van der Waals surface area contributed by atoms with E-state index in [1.165, 1.54) is 12.0 Å². The summed E-state index contributed by atoms with van der Waals surface area (Å²) in [6.07, 6.45) is 0.373. The number of methoxy groups -OCH3 is 1.